The maximum absolute atomic E-state index is 13.7. The maximum Gasteiger partial charge on any atom is 0.243 e. The van der Waals surface area contributed by atoms with Gasteiger partial charge < -0.3 is 5.73 Å². The van der Waals surface area contributed by atoms with Crippen LogP contribution in [0.4, 0.5) is 4.39 Å². The van der Waals surface area contributed by atoms with Crippen LogP contribution in [0.2, 0.25) is 0 Å². The van der Waals surface area contributed by atoms with E-state index in [-0.39, 0.29) is 11.4 Å². The number of hydrogen-bond acceptors (Lipinski definition) is 3. The molecule has 0 aliphatic rings. The van der Waals surface area contributed by atoms with Crippen molar-refractivity contribution in [1.82, 2.24) is 4.72 Å². The molecule has 0 saturated heterocycles. The van der Waals surface area contributed by atoms with Gasteiger partial charge >= 0.3 is 0 Å². The smallest absolute Gasteiger partial charge is 0.243 e. The Balaban J connectivity index is 2.60. The van der Waals surface area contributed by atoms with Crippen molar-refractivity contribution in [1.29, 1.82) is 0 Å². The summed E-state index contributed by atoms with van der Waals surface area (Å²) in [5.41, 5.74) is 5.95. The van der Waals surface area contributed by atoms with Gasteiger partial charge in [-0.05, 0) is 30.0 Å². The molecule has 114 valence electrons. The first-order valence-corrected chi connectivity index (χ1v) is 8.33. The number of halogens is 1. The normalized spacial score (nSPS) is 12.1. The Morgan fingerprint density at radius 2 is 2.00 bits per heavy atom. The second-order valence-corrected chi connectivity index (χ2v) is 6.99. The van der Waals surface area contributed by atoms with Gasteiger partial charge in [0.15, 0.2) is 0 Å². The molecule has 3 N–H and O–H groups in total. The Morgan fingerprint density at radius 1 is 1.30 bits per heavy atom. The highest BCUT2D eigenvalue weighted by atomic mass is 32.2. The standard InChI is InChI=1S/C14H23FN2O2S/c1-11(2)5-3-4-8-17-20(18,19)14-7-6-12(10-16)9-13(14)15/h6-7,9,11,17H,3-5,8,10,16H2,1-2H3. The van der Waals surface area contributed by atoms with E-state index in [9.17, 15) is 12.8 Å². The van der Waals surface area contributed by atoms with Crippen LogP contribution in [0.25, 0.3) is 0 Å². The molecule has 0 aliphatic carbocycles. The maximum atomic E-state index is 13.7. The first-order chi connectivity index (χ1) is 9.36. The van der Waals surface area contributed by atoms with Crippen molar-refractivity contribution in [2.24, 2.45) is 11.7 Å². The Morgan fingerprint density at radius 3 is 2.55 bits per heavy atom. The molecule has 4 nitrogen and oxygen atoms in total. The Labute approximate surface area is 120 Å². The van der Waals surface area contributed by atoms with Gasteiger partial charge in [-0.15, -0.1) is 0 Å². The van der Waals surface area contributed by atoms with Gasteiger partial charge in [-0.2, -0.15) is 0 Å². The van der Waals surface area contributed by atoms with E-state index < -0.39 is 15.8 Å². The minimum atomic E-state index is -3.78. The third-order valence-corrected chi connectivity index (χ3v) is 4.52. The van der Waals surface area contributed by atoms with E-state index in [1.165, 1.54) is 12.1 Å². The van der Waals surface area contributed by atoms with Crippen molar-refractivity contribution in [2.75, 3.05) is 6.54 Å². The zero-order valence-corrected chi connectivity index (χ0v) is 12.8. The zero-order chi connectivity index (χ0) is 15.2. The molecular weight excluding hydrogens is 279 g/mol. The van der Waals surface area contributed by atoms with E-state index in [1.54, 1.807) is 0 Å². The van der Waals surface area contributed by atoms with Gasteiger partial charge in [0, 0.05) is 13.1 Å². The second-order valence-electron chi connectivity index (χ2n) is 5.26. The third-order valence-electron chi connectivity index (χ3n) is 3.02. The van der Waals surface area contributed by atoms with Crippen LogP contribution in [0.1, 0.15) is 38.7 Å². The molecule has 1 aromatic rings. The van der Waals surface area contributed by atoms with Gasteiger partial charge in [0.05, 0.1) is 0 Å². The molecule has 0 fully saturated rings. The SMILES string of the molecule is CC(C)CCCCNS(=O)(=O)c1ccc(CN)cc1F. The van der Waals surface area contributed by atoms with E-state index in [0.29, 0.717) is 18.0 Å². The van der Waals surface area contributed by atoms with Crippen molar-refractivity contribution in [3.63, 3.8) is 0 Å². The lowest BCUT2D eigenvalue weighted by Gasteiger charge is -2.09. The topological polar surface area (TPSA) is 72.2 Å². The van der Waals surface area contributed by atoms with E-state index in [0.717, 1.165) is 25.3 Å². The molecule has 20 heavy (non-hydrogen) atoms. The van der Waals surface area contributed by atoms with Crippen molar-refractivity contribution in [3.8, 4) is 0 Å². The minimum absolute atomic E-state index is 0.180. The lowest BCUT2D eigenvalue weighted by atomic mass is 10.1. The van der Waals surface area contributed by atoms with Crippen LogP contribution in [0, 0.1) is 11.7 Å². The molecule has 0 aliphatic heterocycles. The summed E-state index contributed by atoms with van der Waals surface area (Å²) in [6.07, 6.45) is 2.76. The zero-order valence-electron chi connectivity index (χ0n) is 12.0. The second kappa shape index (κ2) is 7.71. The predicted octanol–water partition coefficient (Wildman–Crippen LogP) is 2.39. The number of rotatable bonds is 8. The highest BCUT2D eigenvalue weighted by molar-refractivity contribution is 7.89. The third kappa shape index (κ3) is 5.19. The number of hydrogen-bond donors (Lipinski definition) is 2. The summed E-state index contributed by atoms with van der Waals surface area (Å²) in [6.45, 7) is 4.75. The summed E-state index contributed by atoms with van der Waals surface area (Å²) < 4.78 is 40.1. The molecular formula is C14H23FN2O2S. The van der Waals surface area contributed by atoms with E-state index in [4.69, 9.17) is 5.73 Å². The summed E-state index contributed by atoms with van der Waals surface area (Å²) in [7, 11) is -3.78. The van der Waals surface area contributed by atoms with Crippen LogP contribution < -0.4 is 10.5 Å². The largest absolute Gasteiger partial charge is 0.326 e. The molecule has 0 heterocycles. The van der Waals surface area contributed by atoms with Gasteiger partial charge in [0.25, 0.3) is 0 Å². The Hall–Kier alpha value is -0.980. The van der Waals surface area contributed by atoms with Crippen molar-refractivity contribution in [3.05, 3.63) is 29.6 Å². The first kappa shape index (κ1) is 17.1. The quantitative estimate of drug-likeness (QED) is 0.724. The van der Waals surface area contributed by atoms with E-state index in [1.807, 2.05) is 0 Å². The van der Waals surface area contributed by atoms with Crippen LogP contribution >= 0.6 is 0 Å². The minimum Gasteiger partial charge on any atom is -0.326 e. The number of nitrogens with two attached hydrogens (primary N) is 1. The first-order valence-electron chi connectivity index (χ1n) is 6.85. The van der Waals surface area contributed by atoms with Gasteiger partial charge in [-0.25, -0.2) is 17.5 Å². The van der Waals surface area contributed by atoms with Gasteiger partial charge in [0.2, 0.25) is 10.0 Å². The molecule has 0 saturated carbocycles. The monoisotopic (exact) mass is 302 g/mol. The average molecular weight is 302 g/mol. The predicted molar refractivity (Wildman–Crippen MR) is 78.2 cm³/mol. The van der Waals surface area contributed by atoms with Crippen LogP contribution in [-0.2, 0) is 16.6 Å². The van der Waals surface area contributed by atoms with E-state index in [2.05, 4.69) is 18.6 Å². The fourth-order valence-corrected chi connectivity index (χ4v) is 2.98. The molecule has 1 aromatic carbocycles. The van der Waals surface area contributed by atoms with Gasteiger partial charge in [0.1, 0.15) is 10.7 Å². The van der Waals surface area contributed by atoms with Crippen LogP contribution in [-0.4, -0.2) is 15.0 Å². The fourth-order valence-electron chi connectivity index (χ4n) is 1.85. The van der Waals surface area contributed by atoms with Crippen LogP contribution in [0.5, 0.6) is 0 Å². The molecule has 0 radical (unpaired) electrons. The van der Waals surface area contributed by atoms with Crippen molar-refractivity contribution >= 4 is 10.0 Å². The summed E-state index contributed by atoms with van der Waals surface area (Å²) in [4.78, 5) is -0.321. The summed E-state index contributed by atoms with van der Waals surface area (Å²) >= 11 is 0. The molecule has 1 rings (SSSR count). The highest BCUT2D eigenvalue weighted by Gasteiger charge is 2.18. The molecule has 0 unspecified atom stereocenters. The Kier molecular flexibility index (Phi) is 6.58. The molecule has 0 bridgehead atoms. The lowest BCUT2D eigenvalue weighted by Crippen LogP contribution is -2.25. The van der Waals surface area contributed by atoms with Crippen molar-refractivity contribution < 1.29 is 12.8 Å². The Bertz CT molecular complexity index is 530. The summed E-state index contributed by atoms with van der Waals surface area (Å²) in [5, 5.41) is 0. The number of nitrogens with one attached hydrogen (secondary N) is 1. The average Bonchev–Trinajstić information content (AvgIpc) is 2.37. The van der Waals surface area contributed by atoms with Crippen molar-refractivity contribution in [2.45, 2.75) is 44.6 Å². The fraction of sp³-hybridized carbons (Fsp3) is 0.571. The van der Waals surface area contributed by atoms with Crippen LogP contribution in [0.3, 0.4) is 0 Å². The molecule has 0 spiro atoms. The number of unbranched alkanes of at least 4 members (excludes halogenated alkanes) is 1. The van der Waals surface area contributed by atoms with Crippen LogP contribution in [0.15, 0.2) is 23.1 Å². The molecule has 6 heteroatoms. The number of benzene rings is 1. The van der Waals surface area contributed by atoms with Gasteiger partial charge in [-0.3, -0.25) is 0 Å². The molecule has 0 amide bonds. The molecule has 0 atom stereocenters. The number of sulfonamides is 1. The summed E-state index contributed by atoms with van der Waals surface area (Å²) in [5.74, 6) is -0.157. The molecule has 0 aromatic heterocycles. The van der Waals surface area contributed by atoms with E-state index >= 15 is 0 Å². The summed E-state index contributed by atoms with van der Waals surface area (Å²) in [6, 6.07) is 3.94. The van der Waals surface area contributed by atoms with Gasteiger partial charge in [-0.1, -0.05) is 32.8 Å². The lowest BCUT2D eigenvalue weighted by molar-refractivity contribution is 0.527. The highest BCUT2D eigenvalue weighted by Crippen LogP contribution is 2.16.